The van der Waals surface area contributed by atoms with Gasteiger partial charge in [-0.1, -0.05) is 66.5 Å². The number of anilines is 1. The van der Waals surface area contributed by atoms with E-state index in [1.807, 2.05) is 36.4 Å². The maximum absolute atomic E-state index is 12.7. The molecule has 1 saturated heterocycles. The molecule has 0 unspecified atom stereocenters. The van der Waals surface area contributed by atoms with E-state index in [0.717, 1.165) is 28.3 Å². The van der Waals surface area contributed by atoms with E-state index in [-0.39, 0.29) is 21.1 Å². The molecule has 0 aliphatic carbocycles. The minimum atomic E-state index is -1.30. The highest BCUT2D eigenvalue weighted by Crippen LogP contribution is 2.35. The summed E-state index contributed by atoms with van der Waals surface area (Å²) < 4.78 is 0.197. The van der Waals surface area contributed by atoms with Gasteiger partial charge in [0.1, 0.15) is 0 Å². The highest BCUT2D eigenvalue weighted by molar-refractivity contribution is 8.27. The third kappa shape index (κ3) is 4.19. The Balaban J connectivity index is 1.92. The molecule has 28 heavy (non-hydrogen) atoms. The number of aromatic carboxylic acids is 2. The van der Waals surface area contributed by atoms with Gasteiger partial charge in [-0.25, -0.2) is 9.59 Å². The van der Waals surface area contributed by atoms with Gasteiger partial charge in [-0.3, -0.25) is 9.69 Å². The number of allylic oxidation sites excluding steroid dienone is 2. The van der Waals surface area contributed by atoms with E-state index in [1.165, 1.54) is 12.1 Å². The van der Waals surface area contributed by atoms with Gasteiger partial charge >= 0.3 is 11.9 Å². The number of rotatable bonds is 5. The molecule has 1 amide bonds. The molecular formula is C20H13NO5S2. The van der Waals surface area contributed by atoms with Crippen molar-refractivity contribution in [3.63, 3.8) is 0 Å². The van der Waals surface area contributed by atoms with Gasteiger partial charge in [0.25, 0.3) is 5.91 Å². The zero-order valence-corrected chi connectivity index (χ0v) is 15.9. The van der Waals surface area contributed by atoms with Crippen LogP contribution in [0.4, 0.5) is 5.69 Å². The first-order chi connectivity index (χ1) is 13.4. The Kier molecular flexibility index (Phi) is 5.72. The normalized spacial score (nSPS) is 15.6. The van der Waals surface area contributed by atoms with Crippen molar-refractivity contribution in [1.82, 2.24) is 0 Å². The molecular weight excluding hydrogens is 398 g/mol. The molecule has 6 nitrogen and oxygen atoms in total. The predicted octanol–water partition coefficient (Wildman–Crippen LogP) is 4.05. The summed E-state index contributed by atoms with van der Waals surface area (Å²) in [5.41, 5.74) is 0.596. The number of amides is 1. The summed E-state index contributed by atoms with van der Waals surface area (Å²) in [6.45, 7) is 0. The number of benzene rings is 2. The summed E-state index contributed by atoms with van der Waals surface area (Å²) in [4.78, 5) is 36.8. The highest BCUT2D eigenvalue weighted by Gasteiger charge is 2.33. The smallest absolute Gasteiger partial charge is 0.335 e. The maximum Gasteiger partial charge on any atom is 0.335 e. The Bertz CT molecular complexity index is 1010. The lowest BCUT2D eigenvalue weighted by Gasteiger charge is -2.16. The van der Waals surface area contributed by atoms with Crippen molar-refractivity contribution in [2.75, 3.05) is 4.90 Å². The number of carboxylic acids is 2. The number of carbonyl (C=O) groups is 3. The van der Waals surface area contributed by atoms with Crippen molar-refractivity contribution >= 4 is 57.9 Å². The van der Waals surface area contributed by atoms with Crippen LogP contribution < -0.4 is 4.90 Å². The molecule has 1 aliphatic heterocycles. The predicted molar refractivity (Wildman–Crippen MR) is 112 cm³/mol. The van der Waals surface area contributed by atoms with E-state index in [4.69, 9.17) is 12.2 Å². The van der Waals surface area contributed by atoms with E-state index in [9.17, 15) is 24.6 Å². The second kappa shape index (κ2) is 8.20. The van der Waals surface area contributed by atoms with Crippen molar-refractivity contribution in [2.24, 2.45) is 0 Å². The lowest BCUT2D eigenvalue weighted by atomic mass is 10.1. The van der Waals surface area contributed by atoms with Gasteiger partial charge in [-0.15, -0.1) is 0 Å². The Hall–Kier alpha value is -3.23. The summed E-state index contributed by atoms with van der Waals surface area (Å²) in [6, 6.07) is 13.0. The first-order valence-electron chi connectivity index (χ1n) is 7.98. The minimum Gasteiger partial charge on any atom is -0.478 e. The Morgan fingerprint density at radius 1 is 1.00 bits per heavy atom. The quantitative estimate of drug-likeness (QED) is 0.566. The zero-order chi connectivity index (χ0) is 20.3. The van der Waals surface area contributed by atoms with Crippen molar-refractivity contribution in [3.8, 4) is 0 Å². The topological polar surface area (TPSA) is 94.9 Å². The van der Waals surface area contributed by atoms with Gasteiger partial charge in [0.2, 0.25) is 0 Å². The standard InChI is InChI=1S/C20H13NO5S2/c22-17-16(8-4-7-12-5-2-1-3-6-12)28-20(27)21(17)15-10-13(18(23)24)9-14(11-15)19(25)26/h1-11H,(H,23,24)(H,25,26)/b7-4+,16-8-. The average Bonchev–Trinajstić information content (AvgIpc) is 2.95. The maximum atomic E-state index is 12.7. The van der Waals surface area contributed by atoms with Crippen molar-refractivity contribution < 1.29 is 24.6 Å². The molecule has 1 aliphatic rings. The number of hydrogen-bond donors (Lipinski definition) is 2. The Morgan fingerprint density at radius 2 is 1.61 bits per heavy atom. The van der Waals surface area contributed by atoms with Gasteiger partial charge in [0, 0.05) is 0 Å². The van der Waals surface area contributed by atoms with E-state index < -0.39 is 17.8 Å². The van der Waals surface area contributed by atoms with Gasteiger partial charge < -0.3 is 10.2 Å². The summed E-state index contributed by atoms with van der Waals surface area (Å²) >= 11 is 6.31. The molecule has 0 saturated carbocycles. The molecule has 0 spiro atoms. The van der Waals surface area contributed by atoms with E-state index >= 15 is 0 Å². The fraction of sp³-hybridized carbons (Fsp3) is 0. The van der Waals surface area contributed by atoms with Crippen molar-refractivity contribution in [1.29, 1.82) is 0 Å². The molecule has 0 aromatic heterocycles. The summed E-state index contributed by atoms with van der Waals surface area (Å²) in [5, 5.41) is 18.4. The van der Waals surface area contributed by atoms with E-state index in [0.29, 0.717) is 4.91 Å². The molecule has 1 fully saturated rings. The first-order valence-corrected chi connectivity index (χ1v) is 9.20. The zero-order valence-electron chi connectivity index (χ0n) is 14.2. The van der Waals surface area contributed by atoms with Crippen LogP contribution in [0.5, 0.6) is 0 Å². The number of carbonyl (C=O) groups excluding carboxylic acids is 1. The molecule has 1 heterocycles. The third-order valence-electron chi connectivity index (χ3n) is 3.80. The van der Waals surface area contributed by atoms with Crippen LogP contribution in [-0.2, 0) is 4.79 Å². The summed E-state index contributed by atoms with van der Waals surface area (Å²) in [7, 11) is 0. The van der Waals surface area contributed by atoms with Crippen LogP contribution in [-0.4, -0.2) is 32.4 Å². The minimum absolute atomic E-state index is 0.107. The lowest BCUT2D eigenvalue weighted by molar-refractivity contribution is -0.113. The Morgan fingerprint density at radius 3 is 2.18 bits per heavy atom. The largest absolute Gasteiger partial charge is 0.478 e. The van der Waals surface area contributed by atoms with Crippen molar-refractivity contribution in [2.45, 2.75) is 0 Å². The molecule has 2 aromatic rings. The molecule has 2 N–H and O–H groups in total. The molecule has 140 valence electrons. The van der Waals surface area contributed by atoms with Gasteiger partial charge in [-0.2, -0.15) is 0 Å². The van der Waals surface area contributed by atoms with Crippen LogP contribution in [0.3, 0.4) is 0 Å². The SMILES string of the molecule is O=C(O)c1cc(C(=O)O)cc(N2C(=O)/C(=C/C=C/c3ccccc3)SC2=S)c1. The highest BCUT2D eigenvalue weighted by atomic mass is 32.2. The number of thiocarbonyl (C=S) groups is 1. The van der Waals surface area contributed by atoms with Crippen LogP contribution in [0.1, 0.15) is 26.3 Å². The first kappa shape index (κ1) is 19.5. The monoisotopic (exact) mass is 411 g/mol. The molecule has 3 rings (SSSR count). The Labute approximate surface area is 169 Å². The van der Waals surface area contributed by atoms with Crippen LogP contribution in [0.15, 0.2) is 65.6 Å². The van der Waals surface area contributed by atoms with Crippen LogP contribution in [0.2, 0.25) is 0 Å². The summed E-state index contributed by atoms with van der Waals surface area (Å²) in [6.07, 6.45) is 5.17. The number of carboxylic acid groups (broad SMARTS) is 2. The van der Waals surface area contributed by atoms with E-state index in [2.05, 4.69) is 0 Å². The average molecular weight is 411 g/mol. The molecule has 2 aromatic carbocycles. The van der Waals surface area contributed by atoms with Gasteiger partial charge in [0.15, 0.2) is 4.32 Å². The van der Waals surface area contributed by atoms with Crippen LogP contribution in [0.25, 0.3) is 6.08 Å². The molecule has 0 bridgehead atoms. The van der Waals surface area contributed by atoms with Crippen LogP contribution in [0, 0.1) is 0 Å². The van der Waals surface area contributed by atoms with Gasteiger partial charge in [-0.05, 0) is 29.8 Å². The molecule has 0 atom stereocenters. The fourth-order valence-electron chi connectivity index (χ4n) is 2.50. The van der Waals surface area contributed by atoms with E-state index in [1.54, 1.807) is 12.2 Å². The number of nitrogens with zero attached hydrogens (tertiary/aromatic N) is 1. The second-order valence-corrected chi connectivity index (χ2v) is 7.36. The number of thioether (sulfide) groups is 1. The summed E-state index contributed by atoms with van der Waals surface area (Å²) in [5.74, 6) is -3.03. The van der Waals surface area contributed by atoms with Gasteiger partial charge in [0.05, 0.1) is 21.7 Å². The molecule has 0 radical (unpaired) electrons. The van der Waals surface area contributed by atoms with Crippen LogP contribution >= 0.6 is 24.0 Å². The van der Waals surface area contributed by atoms with Crippen molar-refractivity contribution in [3.05, 3.63) is 82.3 Å². The number of hydrogen-bond acceptors (Lipinski definition) is 5. The molecule has 8 heteroatoms. The fourth-order valence-corrected chi connectivity index (χ4v) is 3.75. The second-order valence-electron chi connectivity index (χ2n) is 5.69. The third-order valence-corrected chi connectivity index (χ3v) is 5.12. The lowest BCUT2D eigenvalue weighted by Crippen LogP contribution is -2.28.